The predicted octanol–water partition coefficient (Wildman–Crippen LogP) is 5.47. The Balaban J connectivity index is 1.40. The molecule has 4 aliphatic carbocycles. The second kappa shape index (κ2) is 7.06. The molecule has 0 aromatic rings. The molecule has 6 atom stereocenters. The molecule has 0 aromatic carbocycles. The lowest BCUT2D eigenvalue weighted by Crippen LogP contribution is -2.58. The first-order chi connectivity index (χ1) is 15.1. The van der Waals surface area contributed by atoms with Gasteiger partial charge in [-0.3, -0.25) is 0 Å². The molecule has 0 radical (unpaired) electrons. The van der Waals surface area contributed by atoms with Crippen molar-refractivity contribution >= 4 is 8.32 Å². The molecular formula is C26H42O5Si. The smallest absolute Gasteiger partial charge is 0.241 e. The van der Waals surface area contributed by atoms with Gasteiger partial charge in [-0.05, 0) is 74.6 Å². The summed E-state index contributed by atoms with van der Waals surface area (Å²) in [6.07, 6.45) is 10.4. The zero-order chi connectivity index (χ0) is 22.4. The molecule has 0 aromatic heterocycles. The fourth-order valence-electron chi connectivity index (χ4n) is 8.71. The predicted molar refractivity (Wildman–Crippen MR) is 124 cm³/mol. The number of hydrogen-bond donors (Lipinski definition) is 0. The van der Waals surface area contributed by atoms with E-state index in [1.807, 2.05) is 0 Å². The van der Waals surface area contributed by atoms with Crippen LogP contribution < -0.4 is 0 Å². The second-order valence-electron chi connectivity index (χ2n) is 12.9. The Labute approximate surface area is 194 Å². The lowest BCUT2D eigenvalue weighted by Gasteiger charge is -2.61. The minimum Gasteiger partial charge on any atom is -0.547 e. The number of rotatable bonds is 2. The van der Waals surface area contributed by atoms with Gasteiger partial charge >= 0.3 is 0 Å². The quantitative estimate of drug-likeness (QED) is 0.509. The molecule has 0 bridgehead atoms. The van der Waals surface area contributed by atoms with Crippen molar-refractivity contribution in [3.05, 3.63) is 11.8 Å². The maximum absolute atomic E-state index is 6.93. The standard InChI is InChI=1S/C26H42O5Si/c1-23-10-11-25(27-12-13-28-25)17-18(23)16-21(31-32(3,4)5)22-19(23)6-8-24(2)20(22)7-9-26(24)29-14-15-30-26/h16,18-20,22H,6-15,17H2,1-5H3/t18?,19-,20-,22+,23-,24-/m0/s1. The van der Waals surface area contributed by atoms with Crippen LogP contribution in [-0.4, -0.2) is 46.3 Å². The minimum atomic E-state index is -1.74. The average molecular weight is 463 g/mol. The van der Waals surface area contributed by atoms with Crippen LogP contribution in [0.25, 0.3) is 0 Å². The molecule has 6 rings (SSSR count). The zero-order valence-corrected chi connectivity index (χ0v) is 21.7. The molecule has 32 heavy (non-hydrogen) atoms. The summed E-state index contributed by atoms with van der Waals surface area (Å²) < 4.78 is 32.0. The third kappa shape index (κ3) is 3.02. The summed E-state index contributed by atoms with van der Waals surface area (Å²) >= 11 is 0. The van der Waals surface area contributed by atoms with Crippen LogP contribution in [0.5, 0.6) is 0 Å². The van der Waals surface area contributed by atoms with Crippen LogP contribution >= 0.6 is 0 Å². The molecule has 2 aliphatic heterocycles. The van der Waals surface area contributed by atoms with Gasteiger partial charge in [-0.1, -0.05) is 13.8 Å². The lowest BCUT2D eigenvalue weighted by atomic mass is 9.46. The molecule has 0 amide bonds. The SMILES string of the molecule is C[C@]12CCC3(CC1C=C(O[Si](C)(C)C)[C@@H]1[C@@H]2CC[C@@]2(C)[C@H]1CCC21OCCO1)OCCO3. The van der Waals surface area contributed by atoms with Crippen LogP contribution in [0.1, 0.15) is 58.8 Å². The van der Waals surface area contributed by atoms with Gasteiger partial charge in [-0.25, -0.2) is 0 Å². The van der Waals surface area contributed by atoms with E-state index in [9.17, 15) is 0 Å². The van der Waals surface area contributed by atoms with Gasteiger partial charge in [0.05, 0.1) is 32.2 Å². The highest BCUT2D eigenvalue weighted by molar-refractivity contribution is 6.70. The van der Waals surface area contributed by atoms with Gasteiger partial charge in [-0.2, -0.15) is 0 Å². The Kier molecular flexibility index (Phi) is 4.88. The summed E-state index contributed by atoms with van der Waals surface area (Å²) in [5.41, 5.74) is 0.356. The highest BCUT2D eigenvalue weighted by Gasteiger charge is 2.69. The third-order valence-corrected chi connectivity index (χ3v) is 11.1. The first-order valence-corrected chi connectivity index (χ1v) is 16.5. The Morgan fingerprint density at radius 3 is 2.19 bits per heavy atom. The molecule has 180 valence electrons. The van der Waals surface area contributed by atoms with E-state index >= 15 is 0 Å². The number of ether oxygens (including phenoxy) is 4. The monoisotopic (exact) mass is 462 g/mol. The first kappa shape index (κ1) is 22.1. The molecule has 2 saturated heterocycles. The maximum Gasteiger partial charge on any atom is 0.241 e. The fourth-order valence-corrected chi connectivity index (χ4v) is 9.63. The Hall–Kier alpha value is -0.403. The Morgan fingerprint density at radius 2 is 1.50 bits per heavy atom. The van der Waals surface area contributed by atoms with Crippen molar-refractivity contribution in [3.8, 4) is 0 Å². The molecule has 6 aliphatic rings. The Bertz CT molecular complexity index is 793. The van der Waals surface area contributed by atoms with E-state index in [1.165, 1.54) is 31.4 Å². The third-order valence-electron chi connectivity index (χ3n) is 10.3. The molecule has 2 spiro atoms. The van der Waals surface area contributed by atoms with Gasteiger partial charge in [0.1, 0.15) is 0 Å². The molecule has 2 heterocycles. The molecule has 5 fully saturated rings. The number of allylic oxidation sites excluding steroid dienone is 2. The largest absolute Gasteiger partial charge is 0.547 e. The topological polar surface area (TPSA) is 46.2 Å². The molecule has 0 N–H and O–H groups in total. The van der Waals surface area contributed by atoms with Crippen molar-refractivity contribution < 1.29 is 23.4 Å². The van der Waals surface area contributed by atoms with Crippen LogP contribution in [0.4, 0.5) is 0 Å². The molecule has 6 heteroatoms. The highest BCUT2D eigenvalue weighted by atomic mass is 28.4. The van der Waals surface area contributed by atoms with E-state index in [4.69, 9.17) is 23.4 Å². The van der Waals surface area contributed by atoms with E-state index in [2.05, 4.69) is 39.6 Å². The zero-order valence-electron chi connectivity index (χ0n) is 20.7. The second-order valence-corrected chi connectivity index (χ2v) is 17.3. The van der Waals surface area contributed by atoms with Crippen molar-refractivity contribution in [3.63, 3.8) is 0 Å². The van der Waals surface area contributed by atoms with E-state index in [1.54, 1.807) is 0 Å². The summed E-state index contributed by atoms with van der Waals surface area (Å²) in [6, 6.07) is 0. The van der Waals surface area contributed by atoms with Crippen molar-refractivity contribution in [2.45, 2.75) is 90.0 Å². The maximum atomic E-state index is 6.93. The average Bonchev–Trinajstić information content (AvgIpc) is 3.44. The summed E-state index contributed by atoms with van der Waals surface area (Å²) in [5.74, 6) is 2.72. The van der Waals surface area contributed by atoms with E-state index in [0.717, 1.165) is 45.7 Å². The lowest BCUT2D eigenvalue weighted by molar-refractivity contribution is -0.249. The van der Waals surface area contributed by atoms with E-state index in [-0.39, 0.29) is 22.4 Å². The molecular weight excluding hydrogens is 420 g/mol. The van der Waals surface area contributed by atoms with Crippen molar-refractivity contribution in [1.82, 2.24) is 0 Å². The first-order valence-electron chi connectivity index (χ1n) is 13.1. The normalized spacial score (nSPS) is 46.6. The van der Waals surface area contributed by atoms with Crippen molar-refractivity contribution in [2.24, 2.45) is 34.5 Å². The van der Waals surface area contributed by atoms with Crippen LogP contribution in [0, 0.1) is 34.5 Å². The van der Waals surface area contributed by atoms with Crippen molar-refractivity contribution in [2.75, 3.05) is 26.4 Å². The van der Waals surface area contributed by atoms with Gasteiger partial charge in [0.15, 0.2) is 11.6 Å². The van der Waals surface area contributed by atoms with Gasteiger partial charge < -0.3 is 23.4 Å². The van der Waals surface area contributed by atoms with Crippen LogP contribution in [0.15, 0.2) is 11.8 Å². The fraction of sp³-hybridized carbons (Fsp3) is 0.923. The van der Waals surface area contributed by atoms with E-state index in [0.29, 0.717) is 23.7 Å². The van der Waals surface area contributed by atoms with Gasteiger partial charge in [0.25, 0.3) is 0 Å². The Morgan fingerprint density at radius 1 is 0.844 bits per heavy atom. The highest BCUT2D eigenvalue weighted by Crippen LogP contribution is 2.70. The van der Waals surface area contributed by atoms with Crippen molar-refractivity contribution in [1.29, 1.82) is 0 Å². The number of hydrogen-bond acceptors (Lipinski definition) is 5. The summed E-state index contributed by atoms with van der Waals surface area (Å²) in [5, 5.41) is 0. The molecule has 1 unspecified atom stereocenters. The summed E-state index contributed by atoms with van der Waals surface area (Å²) in [6.45, 7) is 15.0. The van der Waals surface area contributed by atoms with Gasteiger partial charge in [0, 0.05) is 30.6 Å². The molecule has 3 saturated carbocycles. The van der Waals surface area contributed by atoms with Gasteiger partial charge in [-0.15, -0.1) is 0 Å². The van der Waals surface area contributed by atoms with Crippen LogP contribution in [-0.2, 0) is 23.4 Å². The minimum absolute atomic E-state index is 0.0727. The molecule has 5 nitrogen and oxygen atoms in total. The van der Waals surface area contributed by atoms with Crippen LogP contribution in [0.3, 0.4) is 0 Å². The van der Waals surface area contributed by atoms with E-state index < -0.39 is 8.32 Å². The number of fused-ring (bicyclic) bond motifs is 6. The van der Waals surface area contributed by atoms with Gasteiger partial charge in [0.2, 0.25) is 8.32 Å². The summed E-state index contributed by atoms with van der Waals surface area (Å²) in [7, 11) is -1.74. The van der Waals surface area contributed by atoms with Crippen LogP contribution in [0.2, 0.25) is 19.6 Å². The summed E-state index contributed by atoms with van der Waals surface area (Å²) in [4.78, 5) is 0.